The molecule has 6 nitrogen and oxygen atoms in total. The Hall–Kier alpha value is -1.06. The van der Waals surface area contributed by atoms with E-state index >= 15 is 0 Å². The van der Waals surface area contributed by atoms with Crippen LogP contribution in [0.2, 0.25) is 0 Å². The fourth-order valence-corrected chi connectivity index (χ4v) is 3.96. The van der Waals surface area contributed by atoms with E-state index in [0.717, 1.165) is 64.1 Å². The number of nitrogens with one attached hydrogen (secondary N) is 2. The zero-order valence-electron chi connectivity index (χ0n) is 18.0. The molecule has 2 N–H and O–H groups in total. The maximum absolute atomic E-state index is 5.94. The molecular weight excluding hydrogens is 479 g/mol. The smallest absolute Gasteiger partial charge is 0.191 e. The van der Waals surface area contributed by atoms with E-state index in [-0.39, 0.29) is 30.1 Å². The Labute approximate surface area is 192 Å². The monoisotopic (exact) mass is 516 g/mol. The molecule has 164 valence electrons. The van der Waals surface area contributed by atoms with Gasteiger partial charge in [0.05, 0.1) is 25.9 Å². The van der Waals surface area contributed by atoms with Crippen molar-refractivity contribution in [2.24, 2.45) is 10.9 Å². The average Bonchev–Trinajstić information content (AvgIpc) is 2.70. The van der Waals surface area contributed by atoms with Crippen molar-refractivity contribution in [2.75, 3.05) is 52.5 Å². The fourth-order valence-electron chi connectivity index (χ4n) is 3.96. The number of para-hydroxylation sites is 1. The van der Waals surface area contributed by atoms with Crippen molar-refractivity contribution in [3.05, 3.63) is 29.8 Å². The molecular formula is C22H37IN4O2. The molecule has 2 unspecified atom stereocenters. The molecule has 2 aliphatic rings. The third-order valence-electron chi connectivity index (χ3n) is 5.24. The lowest BCUT2D eigenvalue weighted by molar-refractivity contribution is -0.0261. The van der Waals surface area contributed by atoms with Crippen LogP contribution in [0, 0.1) is 5.92 Å². The Morgan fingerprint density at radius 3 is 2.86 bits per heavy atom. The Morgan fingerprint density at radius 1 is 1.24 bits per heavy atom. The Morgan fingerprint density at radius 2 is 2.07 bits per heavy atom. The molecule has 1 aromatic rings. The molecule has 0 spiro atoms. The fraction of sp³-hybridized carbons (Fsp3) is 0.682. The van der Waals surface area contributed by atoms with Gasteiger partial charge in [-0.3, -0.25) is 9.89 Å². The number of halogens is 1. The van der Waals surface area contributed by atoms with E-state index in [9.17, 15) is 0 Å². The van der Waals surface area contributed by atoms with E-state index in [1.165, 1.54) is 5.56 Å². The maximum Gasteiger partial charge on any atom is 0.191 e. The van der Waals surface area contributed by atoms with Crippen molar-refractivity contribution in [3.8, 4) is 5.75 Å². The molecule has 0 saturated carbocycles. The van der Waals surface area contributed by atoms with Crippen LogP contribution in [0.25, 0.3) is 0 Å². The van der Waals surface area contributed by atoms with Gasteiger partial charge in [-0.15, -0.1) is 24.0 Å². The summed E-state index contributed by atoms with van der Waals surface area (Å²) in [4.78, 5) is 7.30. The lowest BCUT2D eigenvalue weighted by atomic mass is 9.93. The Kier molecular flexibility index (Phi) is 10.5. The van der Waals surface area contributed by atoms with Gasteiger partial charge in [0.2, 0.25) is 0 Å². The van der Waals surface area contributed by atoms with Gasteiger partial charge in [-0.25, -0.2) is 0 Å². The molecule has 0 bridgehead atoms. The summed E-state index contributed by atoms with van der Waals surface area (Å²) in [5.41, 5.74) is 1.29. The number of aliphatic imine (C=N–C) groups is 1. The molecule has 1 saturated heterocycles. The van der Waals surface area contributed by atoms with Crippen molar-refractivity contribution < 1.29 is 9.47 Å². The van der Waals surface area contributed by atoms with E-state index in [0.29, 0.717) is 18.4 Å². The number of hydrogen-bond acceptors (Lipinski definition) is 4. The zero-order valence-corrected chi connectivity index (χ0v) is 20.4. The third kappa shape index (κ3) is 7.61. The van der Waals surface area contributed by atoms with Crippen LogP contribution >= 0.6 is 24.0 Å². The molecule has 0 radical (unpaired) electrons. The lowest BCUT2D eigenvalue weighted by Gasteiger charge is -2.33. The first-order valence-corrected chi connectivity index (χ1v) is 10.7. The van der Waals surface area contributed by atoms with Gasteiger partial charge in [-0.05, 0) is 30.9 Å². The quantitative estimate of drug-likeness (QED) is 0.332. The van der Waals surface area contributed by atoms with Crippen LogP contribution in [-0.4, -0.2) is 69.4 Å². The summed E-state index contributed by atoms with van der Waals surface area (Å²) in [5, 5.41) is 6.90. The SMILES string of the molecule is CCNC(=NCC1CN(CC(C)C)CCO1)NCC1CCOc2ccccc21.I. The number of ether oxygens (including phenoxy) is 2. The molecule has 0 amide bonds. The molecule has 7 heteroatoms. The highest BCUT2D eigenvalue weighted by molar-refractivity contribution is 14.0. The lowest BCUT2D eigenvalue weighted by Crippen LogP contribution is -2.46. The number of nitrogens with zero attached hydrogens (tertiary/aromatic N) is 2. The van der Waals surface area contributed by atoms with Gasteiger partial charge in [0.25, 0.3) is 0 Å². The van der Waals surface area contributed by atoms with Crippen molar-refractivity contribution in [3.63, 3.8) is 0 Å². The molecule has 0 aromatic heterocycles. The van der Waals surface area contributed by atoms with Gasteiger partial charge in [-0.2, -0.15) is 0 Å². The predicted octanol–water partition coefficient (Wildman–Crippen LogP) is 3.08. The highest BCUT2D eigenvalue weighted by atomic mass is 127. The van der Waals surface area contributed by atoms with Crippen molar-refractivity contribution in [2.45, 2.75) is 39.2 Å². The number of hydrogen-bond donors (Lipinski definition) is 2. The van der Waals surface area contributed by atoms with Crippen LogP contribution in [0.1, 0.15) is 38.7 Å². The zero-order chi connectivity index (χ0) is 19.8. The minimum absolute atomic E-state index is 0. The number of rotatable bonds is 7. The maximum atomic E-state index is 5.94. The van der Waals surface area contributed by atoms with Crippen LogP contribution in [0.15, 0.2) is 29.3 Å². The van der Waals surface area contributed by atoms with Crippen LogP contribution in [-0.2, 0) is 4.74 Å². The summed E-state index contributed by atoms with van der Waals surface area (Å²) in [5.74, 6) is 3.02. The third-order valence-corrected chi connectivity index (χ3v) is 5.24. The van der Waals surface area contributed by atoms with Gasteiger partial charge >= 0.3 is 0 Å². The summed E-state index contributed by atoms with van der Waals surface area (Å²) in [6.07, 6.45) is 1.20. The van der Waals surface area contributed by atoms with Crippen LogP contribution in [0.3, 0.4) is 0 Å². The predicted molar refractivity (Wildman–Crippen MR) is 130 cm³/mol. The molecule has 1 fully saturated rings. The van der Waals surface area contributed by atoms with E-state index < -0.39 is 0 Å². The number of fused-ring (bicyclic) bond motifs is 1. The first-order valence-electron chi connectivity index (χ1n) is 10.7. The highest BCUT2D eigenvalue weighted by Crippen LogP contribution is 2.32. The van der Waals surface area contributed by atoms with Crippen molar-refractivity contribution in [1.29, 1.82) is 0 Å². The van der Waals surface area contributed by atoms with Crippen LogP contribution < -0.4 is 15.4 Å². The molecule has 2 atom stereocenters. The number of morpholine rings is 1. The van der Waals surface area contributed by atoms with Gasteiger partial charge in [-0.1, -0.05) is 32.0 Å². The molecule has 3 rings (SSSR count). The topological polar surface area (TPSA) is 58.1 Å². The first kappa shape index (κ1) is 24.2. The first-order chi connectivity index (χ1) is 13.7. The molecule has 2 aliphatic heterocycles. The summed E-state index contributed by atoms with van der Waals surface area (Å²) in [6, 6.07) is 8.35. The molecule has 2 heterocycles. The summed E-state index contributed by atoms with van der Waals surface area (Å²) < 4.78 is 11.7. The minimum atomic E-state index is 0. The van der Waals surface area contributed by atoms with Crippen molar-refractivity contribution in [1.82, 2.24) is 15.5 Å². The number of benzene rings is 1. The molecule has 1 aromatic carbocycles. The normalized spacial score (nSPS) is 22.4. The van der Waals surface area contributed by atoms with Gasteiger partial charge in [0.15, 0.2) is 5.96 Å². The standard InChI is InChI=1S/C22H36N4O2.HI/c1-4-23-22(25-14-19-16-26(10-12-27-19)15-17(2)3)24-13-18-9-11-28-21-8-6-5-7-20(18)21;/h5-8,17-19H,4,9-16H2,1-3H3,(H2,23,24,25);1H. The number of guanidine groups is 1. The molecule has 0 aliphatic carbocycles. The Bertz CT molecular complexity index is 641. The van der Waals surface area contributed by atoms with E-state index in [1.807, 2.05) is 6.07 Å². The van der Waals surface area contributed by atoms with Gasteiger partial charge < -0.3 is 20.1 Å². The van der Waals surface area contributed by atoms with Crippen LogP contribution in [0.4, 0.5) is 0 Å². The highest BCUT2D eigenvalue weighted by Gasteiger charge is 2.22. The van der Waals surface area contributed by atoms with Gasteiger partial charge in [0, 0.05) is 38.6 Å². The summed E-state index contributed by atoms with van der Waals surface area (Å²) in [6.45, 7) is 13.7. The Balaban J connectivity index is 0.00000300. The second-order valence-electron chi connectivity index (χ2n) is 8.12. The van der Waals surface area contributed by atoms with E-state index in [2.05, 4.69) is 54.5 Å². The average molecular weight is 516 g/mol. The second-order valence-corrected chi connectivity index (χ2v) is 8.12. The summed E-state index contributed by atoms with van der Waals surface area (Å²) >= 11 is 0. The second kappa shape index (κ2) is 12.6. The van der Waals surface area contributed by atoms with E-state index in [4.69, 9.17) is 14.5 Å². The van der Waals surface area contributed by atoms with Crippen molar-refractivity contribution >= 4 is 29.9 Å². The largest absolute Gasteiger partial charge is 0.493 e. The summed E-state index contributed by atoms with van der Waals surface area (Å²) in [7, 11) is 0. The van der Waals surface area contributed by atoms with Crippen LogP contribution in [0.5, 0.6) is 5.75 Å². The minimum Gasteiger partial charge on any atom is -0.493 e. The molecule has 29 heavy (non-hydrogen) atoms. The van der Waals surface area contributed by atoms with Gasteiger partial charge in [0.1, 0.15) is 5.75 Å². The van der Waals surface area contributed by atoms with E-state index in [1.54, 1.807) is 0 Å².